The molecule has 5 nitrogen and oxygen atoms in total. The minimum absolute atomic E-state index is 0.308. The Hall–Kier alpha value is -3.93. The van der Waals surface area contributed by atoms with Crippen LogP contribution in [0.1, 0.15) is 17.0 Å². The van der Waals surface area contributed by atoms with Crippen molar-refractivity contribution in [1.82, 2.24) is 4.98 Å². The van der Waals surface area contributed by atoms with E-state index in [0.717, 1.165) is 28.1 Å². The Bertz CT molecular complexity index is 1260. The van der Waals surface area contributed by atoms with E-state index in [-0.39, 0.29) is 5.82 Å². The third-order valence-corrected chi connectivity index (χ3v) is 4.90. The monoisotopic (exact) mass is 417 g/mol. The number of oxazole rings is 1. The van der Waals surface area contributed by atoms with Crippen LogP contribution in [0, 0.1) is 12.7 Å². The van der Waals surface area contributed by atoms with Gasteiger partial charge in [0.05, 0.1) is 12.3 Å². The largest absolute Gasteiger partial charge is 0.493 e. The van der Waals surface area contributed by atoms with Gasteiger partial charge in [-0.2, -0.15) is 0 Å². The first-order valence-corrected chi connectivity index (χ1v) is 9.79. The Kier molecular flexibility index (Phi) is 5.80. The Morgan fingerprint density at radius 2 is 1.84 bits per heavy atom. The minimum Gasteiger partial charge on any atom is -0.493 e. The van der Waals surface area contributed by atoms with E-state index in [2.05, 4.69) is 4.98 Å². The van der Waals surface area contributed by atoms with Gasteiger partial charge in [-0.1, -0.05) is 30.3 Å². The molecule has 0 unspecified atom stereocenters. The molecule has 0 amide bonds. The number of benzene rings is 3. The summed E-state index contributed by atoms with van der Waals surface area (Å²) in [5.74, 6) is 0.558. The van der Waals surface area contributed by atoms with E-state index in [1.54, 1.807) is 18.2 Å². The van der Waals surface area contributed by atoms with Crippen molar-refractivity contribution in [2.45, 2.75) is 13.3 Å². The fraction of sp³-hybridized carbons (Fsp3) is 0.120. The average molecular weight is 417 g/mol. The Balaban J connectivity index is 1.50. The highest BCUT2D eigenvalue weighted by atomic mass is 19.1. The smallest absolute Gasteiger partial charge is 0.328 e. The number of aryl methyl sites for hydroxylation is 1. The highest BCUT2D eigenvalue weighted by Crippen LogP contribution is 2.29. The standard InChI is InChI=1S/C25H20FNO4/c1-16-22(27-25(31-16)18-8-11-19(26)12-9-18)14-15-30-23-7-3-5-20-17(10-13-24(28)29)4-2-6-21(20)23/h2-13H,14-15H2,1H3,(H,28,29)/b13-10+. The molecule has 0 aliphatic carbocycles. The average Bonchev–Trinajstić information content (AvgIpc) is 3.13. The topological polar surface area (TPSA) is 72.6 Å². The second-order valence-electron chi connectivity index (χ2n) is 7.00. The number of carboxylic acids is 1. The van der Waals surface area contributed by atoms with Crippen molar-refractivity contribution in [3.8, 4) is 17.2 Å². The maximum absolute atomic E-state index is 13.1. The molecule has 0 aliphatic rings. The van der Waals surface area contributed by atoms with E-state index in [0.29, 0.717) is 36.0 Å². The highest BCUT2D eigenvalue weighted by Gasteiger charge is 2.12. The maximum atomic E-state index is 13.1. The number of nitrogens with zero attached hydrogens (tertiary/aromatic N) is 1. The van der Waals surface area contributed by atoms with Gasteiger partial charge in [0.2, 0.25) is 5.89 Å². The number of hydrogen-bond acceptors (Lipinski definition) is 4. The predicted octanol–water partition coefficient (Wildman–Crippen LogP) is 5.66. The van der Waals surface area contributed by atoms with Crippen molar-refractivity contribution >= 4 is 22.8 Å². The zero-order valence-electron chi connectivity index (χ0n) is 16.8. The molecule has 1 heterocycles. The van der Waals surface area contributed by atoms with E-state index in [9.17, 15) is 9.18 Å². The Morgan fingerprint density at radius 1 is 1.10 bits per heavy atom. The summed E-state index contributed by atoms with van der Waals surface area (Å²) in [6, 6.07) is 17.4. The van der Waals surface area contributed by atoms with Gasteiger partial charge in [0, 0.05) is 23.4 Å². The van der Waals surface area contributed by atoms with Crippen molar-refractivity contribution in [3.05, 3.63) is 89.6 Å². The number of halogens is 1. The molecule has 0 saturated heterocycles. The lowest BCUT2D eigenvalue weighted by atomic mass is 10.0. The fourth-order valence-electron chi connectivity index (χ4n) is 3.37. The van der Waals surface area contributed by atoms with Crippen LogP contribution in [0.4, 0.5) is 4.39 Å². The summed E-state index contributed by atoms with van der Waals surface area (Å²) in [7, 11) is 0. The van der Waals surface area contributed by atoms with E-state index in [1.807, 2.05) is 43.3 Å². The first-order valence-electron chi connectivity index (χ1n) is 9.79. The summed E-state index contributed by atoms with van der Waals surface area (Å²) in [5.41, 5.74) is 2.30. The second kappa shape index (κ2) is 8.83. The van der Waals surface area contributed by atoms with Crippen molar-refractivity contribution in [1.29, 1.82) is 0 Å². The lowest BCUT2D eigenvalue weighted by Gasteiger charge is -2.10. The van der Waals surface area contributed by atoms with Gasteiger partial charge in [-0.15, -0.1) is 0 Å². The Labute approximate surface area is 178 Å². The van der Waals surface area contributed by atoms with Crippen molar-refractivity contribution < 1.29 is 23.4 Å². The predicted molar refractivity (Wildman–Crippen MR) is 116 cm³/mol. The molecule has 1 N–H and O–H groups in total. The van der Waals surface area contributed by atoms with Crippen LogP contribution in [0.2, 0.25) is 0 Å². The molecule has 0 spiro atoms. The minimum atomic E-state index is -0.993. The van der Waals surface area contributed by atoms with E-state index in [4.69, 9.17) is 14.3 Å². The molecule has 4 aromatic rings. The third kappa shape index (κ3) is 4.64. The lowest BCUT2D eigenvalue weighted by molar-refractivity contribution is -0.131. The van der Waals surface area contributed by atoms with Crippen LogP contribution in [0.15, 0.2) is 71.2 Å². The summed E-state index contributed by atoms with van der Waals surface area (Å²) in [4.78, 5) is 15.4. The number of rotatable bonds is 7. The van der Waals surface area contributed by atoms with Crippen molar-refractivity contribution in [2.75, 3.05) is 6.61 Å². The van der Waals surface area contributed by atoms with Gasteiger partial charge in [0.15, 0.2) is 0 Å². The quantitative estimate of drug-likeness (QED) is 0.393. The number of carbonyl (C=O) groups is 1. The normalized spacial score (nSPS) is 11.3. The molecule has 3 aromatic carbocycles. The van der Waals surface area contributed by atoms with E-state index in [1.165, 1.54) is 12.1 Å². The van der Waals surface area contributed by atoms with Gasteiger partial charge >= 0.3 is 5.97 Å². The molecular weight excluding hydrogens is 397 g/mol. The molecule has 0 bridgehead atoms. The van der Waals surface area contributed by atoms with Crippen LogP contribution in [0.25, 0.3) is 28.3 Å². The number of fused-ring (bicyclic) bond motifs is 1. The second-order valence-corrected chi connectivity index (χ2v) is 7.00. The summed E-state index contributed by atoms with van der Waals surface area (Å²) in [6.45, 7) is 2.23. The SMILES string of the molecule is Cc1oc(-c2ccc(F)cc2)nc1CCOc1cccc2c(/C=C/C(=O)O)cccc12. The molecule has 0 saturated carbocycles. The molecule has 0 atom stereocenters. The van der Waals surface area contributed by atoms with Crippen molar-refractivity contribution in [3.63, 3.8) is 0 Å². The molecule has 156 valence electrons. The van der Waals surface area contributed by atoms with Crippen LogP contribution in [-0.4, -0.2) is 22.7 Å². The van der Waals surface area contributed by atoms with Gasteiger partial charge < -0.3 is 14.3 Å². The summed E-state index contributed by atoms with van der Waals surface area (Å²) >= 11 is 0. The van der Waals surface area contributed by atoms with Gasteiger partial charge in [-0.25, -0.2) is 14.2 Å². The summed E-state index contributed by atoms with van der Waals surface area (Å²) < 4.78 is 24.9. The molecule has 1 aromatic heterocycles. The highest BCUT2D eigenvalue weighted by molar-refractivity contribution is 5.97. The van der Waals surface area contributed by atoms with Crippen LogP contribution >= 0.6 is 0 Å². The van der Waals surface area contributed by atoms with Crippen LogP contribution in [-0.2, 0) is 11.2 Å². The van der Waals surface area contributed by atoms with Gasteiger partial charge in [-0.3, -0.25) is 0 Å². The molecule has 0 radical (unpaired) electrons. The zero-order chi connectivity index (χ0) is 21.8. The summed E-state index contributed by atoms with van der Waals surface area (Å²) in [5, 5.41) is 10.7. The van der Waals surface area contributed by atoms with E-state index < -0.39 is 5.97 Å². The molecule has 0 aliphatic heterocycles. The zero-order valence-corrected chi connectivity index (χ0v) is 16.8. The van der Waals surface area contributed by atoms with Gasteiger partial charge in [-0.05, 0) is 54.3 Å². The van der Waals surface area contributed by atoms with E-state index >= 15 is 0 Å². The fourth-order valence-corrected chi connectivity index (χ4v) is 3.37. The number of aromatic nitrogens is 1. The summed E-state index contributed by atoms with van der Waals surface area (Å²) in [6.07, 6.45) is 3.24. The Morgan fingerprint density at radius 3 is 2.61 bits per heavy atom. The van der Waals surface area contributed by atoms with Gasteiger partial charge in [0.1, 0.15) is 17.3 Å². The number of carboxylic acid groups (broad SMARTS) is 1. The van der Waals surface area contributed by atoms with Crippen LogP contribution < -0.4 is 4.74 Å². The molecular formula is C25H20FNO4. The first kappa shape index (κ1) is 20.3. The lowest BCUT2D eigenvalue weighted by Crippen LogP contribution is -2.03. The third-order valence-electron chi connectivity index (χ3n) is 4.90. The molecule has 0 fully saturated rings. The van der Waals surface area contributed by atoms with Crippen LogP contribution in [0.5, 0.6) is 5.75 Å². The molecule has 31 heavy (non-hydrogen) atoms. The number of ether oxygens (including phenoxy) is 1. The molecule has 4 rings (SSSR count). The number of hydrogen-bond donors (Lipinski definition) is 1. The first-order chi connectivity index (χ1) is 15.0. The van der Waals surface area contributed by atoms with Crippen LogP contribution in [0.3, 0.4) is 0 Å². The molecule has 6 heteroatoms. The maximum Gasteiger partial charge on any atom is 0.328 e. The van der Waals surface area contributed by atoms with Crippen molar-refractivity contribution in [2.24, 2.45) is 0 Å². The van der Waals surface area contributed by atoms with Gasteiger partial charge in [0.25, 0.3) is 0 Å². The number of aliphatic carboxylic acids is 1.